The van der Waals surface area contributed by atoms with Gasteiger partial charge in [0.15, 0.2) is 0 Å². The van der Waals surface area contributed by atoms with Crippen LogP contribution in [0.3, 0.4) is 0 Å². The third-order valence-corrected chi connectivity index (χ3v) is 7.19. The fourth-order valence-corrected chi connectivity index (χ4v) is 4.69. The molecule has 0 saturated carbocycles. The molecule has 0 bridgehead atoms. The molecule has 1 atom stereocenters. The van der Waals surface area contributed by atoms with Crippen LogP contribution in [0.15, 0.2) is 53.0 Å². The summed E-state index contributed by atoms with van der Waals surface area (Å²) in [5.41, 5.74) is 1.17. The SMILES string of the molecule is CCCCNC(=O)[C@@H](CC)N(Cc1ccc(OC)cc1)C(=O)CN(c1ccc(Br)cc1)S(C)(=O)=O. The maximum Gasteiger partial charge on any atom is 0.244 e. The quantitative estimate of drug-likeness (QED) is 0.370. The third kappa shape index (κ3) is 8.54. The van der Waals surface area contributed by atoms with Gasteiger partial charge in [-0.2, -0.15) is 0 Å². The topological polar surface area (TPSA) is 96.0 Å². The van der Waals surface area contributed by atoms with Crippen molar-refractivity contribution in [3.63, 3.8) is 0 Å². The van der Waals surface area contributed by atoms with Crippen molar-refractivity contribution in [2.45, 2.75) is 45.7 Å². The molecule has 8 nitrogen and oxygen atoms in total. The zero-order valence-electron chi connectivity index (χ0n) is 20.7. The molecule has 10 heteroatoms. The number of unbranched alkanes of at least 4 members (excludes halogenated alkanes) is 1. The second kappa shape index (κ2) is 13.5. The molecule has 0 aliphatic heterocycles. The normalized spacial score (nSPS) is 12.0. The van der Waals surface area contributed by atoms with Crippen molar-refractivity contribution in [3.8, 4) is 5.75 Å². The Morgan fingerprint density at radius 2 is 1.69 bits per heavy atom. The Morgan fingerprint density at radius 1 is 1.06 bits per heavy atom. The van der Waals surface area contributed by atoms with Crippen molar-refractivity contribution in [1.29, 1.82) is 0 Å². The molecule has 1 N–H and O–H groups in total. The lowest BCUT2D eigenvalue weighted by molar-refractivity contribution is -0.140. The molecule has 0 heterocycles. The number of carbonyl (C=O) groups excluding carboxylic acids is 2. The average molecular weight is 569 g/mol. The number of benzene rings is 2. The van der Waals surface area contributed by atoms with E-state index in [9.17, 15) is 18.0 Å². The van der Waals surface area contributed by atoms with Crippen LogP contribution in [-0.4, -0.2) is 57.6 Å². The number of methoxy groups -OCH3 is 1. The highest BCUT2D eigenvalue weighted by Crippen LogP contribution is 2.22. The Labute approximate surface area is 216 Å². The highest BCUT2D eigenvalue weighted by molar-refractivity contribution is 9.10. The van der Waals surface area contributed by atoms with E-state index in [1.165, 1.54) is 4.90 Å². The van der Waals surface area contributed by atoms with Gasteiger partial charge in [-0.05, 0) is 54.8 Å². The minimum Gasteiger partial charge on any atom is -0.497 e. The van der Waals surface area contributed by atoms with E-state index in [0.29, 0.717) is 24.4 Å². The molecule has 0 unspecified atom stereocenters. The lowest BCUT2D eigenvalue weighted by Crippen LogP contribution is -2.52. The van der Waals surface area contributed by atoms with Crippen LogP contribution in [0.2, 0.25) is 0 Å². The van der Waals surface area contributed by atoms with Gasteiger partial charge in [0.1, 0.15) is 18.3 Å². The first-order valence-corrected chi connectivity index (χ1v) is 14.2. The molecule has 0 aliphatic rings. The largest absolute Gasteiger partial charge is 0.497 e. The highest BCUT2D eigenvalue weighted by atomic mass is 79.9. The van der Waals surface area contributed by atoms with Gasteiger partial charge in [0.25, 0.3) is 0 Å². The second-order valence-corrected chi connectivity index (χ2v) is 11.0. The van der Waals surface area contributed by atoms with Gasteiger partial charge in [0, 0.05) is 17.6 Å². The molecule has 0 fully saturated rings. The van der Waals surface area contributed by atoms with Crippen molar-refractivity contribution < 1.29 is 22.7 Å². The van der Waals surface area contributed by atoms with E-state index in [0.717, 1.165) is 33.4 Å². The van der Waals surface area contributed by atoms with Crippen LogP contribution >= 0.6 is 15.9 Å². The van der Waals surface area contributed by atoms with Gasteiger partial charge in [0.05, 0.1) is 19.1 Å². The van der Waals surface area contributed by atoms with Crippen LogP contribution in [-0.2, 0) is 26.2 Å². The van der Waals surface area contributed by atoms with Crippen LogP contribution in [0.1, 0.15) is 38.7 Å². The lowest BCUT2D eigenvalue weighted by Gasteiger charge is -2.33. The fourth-order valence-electron chi connectivity index (χ4n) is 3.57. The van der Waals surface area contributed by atoms with Crippen LogP contribution in [0, 0.1) is 0 Å². The van der Waals surface area contributed by atoms with Gasteiger partial charge in [-0.1, -0.05) is 48.3 Å². The summed E-state index contributed by atoms with van der Waals surface area (Å²) in [4.78, 5) is 28.1. The molecular weight excluding hydrogens is 534 g/mol. The van der Waals surface area contributed by atoms with Crippen molar-refractivity contribution >= 4 is 43.5 Å². The molecule has 192 valence electrons. The number of ether oxygens (including phenoxy) is 1. The van der Waals surface area contributed by atoms with Crippen molar-refractivity contribution in [2.24, 2.45) is 0 Å². The van der Waals surface area contributed by atoms with Crippen LogP contribution in [0.4, 0.5) is 5.69 Å². The first-order valence-electron chi connectivity index (χ1n) is 11.5. The molecule has 35 heavy (non-hydrogen) atoms. The van der Waals surface area contributed by atoms with E-state index in [1.807, 2.05) is 26.0 Å². The standard InChI is InChI=1S/C25H34BrN3O5S/c1-5-7-16-27-25(31)23(6-2)28(17-19-8-14-22(34-3)15-9-19)24(30)18-29(35(4,32)33)21-12-10-20(26)11-13-21/h8-15,23H,5-7,16-18H2,1-4H3,(H,27,31)/t23-/m1/s1. The Kier molecular flexibility index (Phi) is 11.0. The van der Waals surface area contributed by atoms with Gasteiger partial charge in [-0.3, -0.25) is 13.9 Å². The molecule has 0 spiro atoms. The molecule has 0 aromatic heterocycles. The Hall–Kier alpha value is -2.59. The zero-order chi connectivity index (χ0) is 26.0. The number of nitrogens with one attached hydrogen (secondary N) is 1. The van der Waals surface area contributed by atoms with Gasteiger partial charge in [0.2, 0.25) is 21.8 Å². The summed E-state index contributed by atoms with van der Waals surface area (Å²) in [7, 11) is -2.19. The van der Waals surface area contributed by atoms with Crippen molar-refractivity contribution in [3.05, 3.63) is 58.6 Å². The third-order valence-electron chi connectivity index (χ3n) is 5.52. The van der Waals surface area contributed by atoms with Crippen molar-refractivity contribution in [2.75, 3.05) is 30.8 Å². The number of hydrogen-bond acceptors (Lipinski definition) is 5. The molecular formula is C25H34BrN3O5S. The van der Waals surface area contributed by atoms with Crippen molar-refractivity contribution in [1.82, 2.24) is 10.2 Å². The van der Waals surface area contributed by atoms with E-state index < -0.39 is 28.5 Å². The molecule has 2 amide bonds. The fraction of sp³-hybridized carbons (Fsp3) is 0.440. The molecule has 0 saturated heterocycles. The summed E-state index contributed by atoms with van der Waals surface area (Å²) in [6, 6.07) is 13.1. The smallest absolute Gasteiger partial charge is 0.244 e. The Balaban J connectivity index is 2.38. The zero-order valence-corrected chi connectivity index (χ0v) is 23.1. The highest BCUT2D eigenvalue weighted by Gasteiger charge is 2.31. The van der Waals surface area contributed by atoms with E-state index in [2.05, 4.69) is 21.2 Å². The predicted molar refractivity (Wildman–Crippen MR) is 142 cm³/mol. The van der Waals surface area contributed by atoms with E-state index in [1.54, 1.807) is 43.5 Å². The summed E-state index contributed by atoms with van der Waals surface area (Å²) >= 11 is 3.34. The minimum atomic E-state index is -3.76. The first kappa shape index (κ1) is 28.6. The molecule has 2 aromatic rings. The monoisotopic (exact) mass is 567 g/mol. The molecule has 0 aliphatic carbocycles. The summed E-state index contributed by atoms with van der Waals surface area (Å²) in [6.07, 6.45) is 3.21. The van der Waals surface area contributed by atoms with Gasteiger partial charge in [-0.25, -0.2) is 8.42 Å². The maximum atomic E-state index is 13.6. The molecule has 2 aromatic carbocycles. The Morgan fingerprint density at radius 3 is 2.20 bits per heavy atom. The summed E-state index contributed by atoms with van der Waals surface area (Å²) < 4.78 is 32.3. The molecule has 2 rings (SSSR count). The predicted octanol–water partition coefficient (Wildman–Crippen LogP) is 3.95. The van der Waals surface area contributed by atoms with E-state index >= 15 is 0 Å². The van der Waals surface area contributed by atoms with Gasteiger partial charge < -0.3 is 15.0 Å². The first-order chi connectivity index (χ1) is 16.6. The second-order valence-electron chi connectivity index (χ2n) is 8.18. The number of carbonyl (C=O) groups is 2. The van der Waals surface area contributed by atoms with Gasteiger partial charge in [-0.15, -0.1) is 0 Å². The van der Waals surface area contributed by atoms with Crippen LogP contribution in [0.25, 0.3) is 0 Å². The number of sulfonamides is 1. The number of anilines is 1. The lowest BCUT2D eigenvalue weighted by atomic mass is 10.1. The minimum absolute atomic E-state index is 0.153. The number of hydrogen-bond donors (Lipinski definition) is 1. The number of halogens is 1. The summed E-state index contributed by atoms with van der Waals surface area (Å²) in [5, 5.41) is 2.91. The van der Waals surface area contributed by atoms with Crippen LogP contribution in [0.5, 0.6) is 5.75 Å². The molecule has 0 radical (unpaired) electrons. The average Bonchev–Trinajstić information content (AvgIpc) is 2.83. The number of amides is 2. The summed E-state index contributed by atoms with van der Waals surface area (Å²) in [6.45, 7) is 4.12. The summed E-state index contributed by atoms with van der Waals surface area (Å²) in [5.74, 6) is -0.0431. The maximum absolute atomic E-state index is 13.6. The van der Waals surface area contributed by atoms with Gasteiger partial charge >= 0.3 is 0 Å². The number of nitrogens with zero attached hydrogens (tertiary/aromatic N) is 2. The Bertz CT molecular complexity index is 1080. The van der Waals surface area contributed by atoms with Crippen LogP contribution < -0.4 is 14.4 Å². The van der Waals surface area contributed by atoms with E-state index in [4.69, 9.17) is 4.74 Å². The van der Waals surface area contributed by atoms with E-state index in [-0.39, 0.29) is 12.5 Å². The number of rotatable bonds is 13.